The molecule has 1 amide bonds. The van der Waals surface area contributed by atoms with E-state index in [2.05, 4.69) is 0 Å². The first-order valence-electron chi connectivity index (χ1n) is 8.79. The van der Waals surface area contributed by atoms with E-state index in [1.807, 2.05) is 67.6 Å². The average molecular weight is 433 g/mol. The summed E-state index contributed by atoms with van der Waals surface area (Å²) in [6.07, 6.45) is -0.335. The zero-order valence-corrected chi connectivity index (χ0v) is 17.7. The van der Waals surface area contributed by atoms with E-state index in [1.165, 1.54) is 0 Å². The van der Waals surface area contributed by atoms with Crippen LogP contribution >= 0.6 is 36.4 Å². The number of carbonyl (C=O) groups excluding carboxylic acids is 1. The van der Waals surface area contributed by atoms with Crippen LogP contribution in [0.5, 0.6) is 0 Å². The van der Waals surface area contributed by atoms with Crippen molar-refractivity contribution >= 4 is 47.3 Å². The van der Waals surface area contributed by atoms with E-state index in [0.717, 1.165) is 22.5 Å². The lowest BCUT2D eigenvalue weighted by Gasteiger charge is -2.48. The van der Waals surface area contributed by atoms with E-state index >= 15 is 0 Å². The highest BCUT2D eigenvalue weighted by molar-refractivity contribution is 8.00. The molecule has 4 nitrogen and oxygen atoms in total. The van der Waals surface area contributed by atoms with Crippen molar-refractivity contribution in [3.05, 3.63) is 83.1 Å². The molecule has 28 heavy (non-hydrogen) atoms. The Kier molecular flexibility index (Phi) is 6.45. The minimum Gasteiger partial charge on any atom is -0.469 e. The van der Waals surface area contributed by atoms with Crippen molar-refractivity contribution in [2.75, 3.05) is 5.75 Å². The number of hydrogen-bond acceptors (Lipinski definition) is 5. The summed E-state index contributed by atoms with van der Waals surface area (Å²) >= 11 is 7.33. The van der Waals surface area contributed by atoms with Gasteiger partial charge in [-0.15, -0.1) is 24.2 Å². The summed E-state index contributed by atoms with van der Waals surface area (Å²) in [6, 6.07) is 19.5. The number of hydrogen-bond donors (Lipinski definition) is 1. The fraction of sp³-hybridized carbons (Fsp3) is 0.238. The van der Waals surface area contributed by atoms with Crippen molar-refractivity contribution in [2.24, 2.45) is 5.73 Å². The Hall–Kier alpha value is -1.86. The van der Waals surface area contributed by atoms with Gasteiger partial charge in [-0.3, -0.25) is 9.69 Å². The summed E-state index contributed by atoms with van der Waals surface area (Å²) < 4.78 is 6.30. The fourth-order valence-corrected chi connectivity index (χ4v) is 5.01. The van der Waals surface area contributed by atoms with Crippen LogP contribution in [0.15, 0.2) is 71.9 Å². The second-order valence-electron chi connectivity index (χ2n) is 6.67. The third-order valence-corrected chi connectivity index (χ3v) is 6.56. The zero-order valence-electron chi connectivity index (χ0n) is 15.3. The second-order valence-corrected chi connectivity index (χ2v) is 8.15. The molecule has 1 saturated heterocycles. The van der Waals surface area contributed by atoms with Gasteiger partial charge in [-0.05, 0) is 35.8 Å². The van der Waals surface area contributed by atoms with Gasteiger partial charge in [0.15, 0.2) is 0 Å². The van der Waals surface area contributed by atoms with Crippen LogP contribution < -0.4 is 5.73 Å². The third kappa shape index (κ3) is 3.70. The van der Waals surface area contributed by atoms with Crippen LogP contribution in [0.1, 0.15) is 24.2 Å². The van der Waals surface area contributed by atoms with Gasteiger partial charge in [-0.2, -0.15) is 0 Å². The molecule has 146 valence electrons. The first-order chi connectivity index (χ1) is 13.1. The summed E-state index contributed by atoms with van der Waals surface area (Å²) in [7, 11) is 0. The number of amides is 1. The smallest absolute Gasteiger partial charge is 0.248 e. The highest BCUT2D eigenvalue weighted by Gasteiger charge is 2.50. The highest BCUT2D eigenvalue weighted by Crippen LogP contribution is 2.40. The second kappa shape index (κ2) is 8.66. The van der Waals surface area contributed by atoms with Crippen LogP contribution in [0.25, 0.3) is 0 Å². The Labute approximate surface area is 180 Å². The Morgan fingerprint density at radius 1 is 1.14 bits per heavy atom. The number of fused-ring (bicyclic) bond motifs is 1. The van der Waals surface area contributed by atoms with Crippen molar-refractivity contribution in [3.63, 3.8) is 0 Å². The third-order valence-electron chi connectivity index (χ3n) is 4.82. The molecule has 2 aliphatic rings. The summed E-state index contributed by atoms with van der Waals surface area (Å²) in [5.74, 6) is 0.700. The van der Waals surface area contributed by atoms with E-state index in [4.69, 9.17) is 22.7 Å². The van der Waals surface area contributed by atoms with Crippen LogP contribution in [0.4, 0.5) is 0 Å². The number of ether oxygens (including phenoxy) is 1. The summed E-state index contributed by atoms with van der Waals surface area (Å²) in [6.45, 7) is 1.99. The van der Waals surface area contributed by atoms with Crippen LogP contribution in [-0.4, -0.2) is 33.0 Å². The number of carbonyl (C=O) groups is 1. The van der Waals surface area contributed by atoms with Crippen LogP contribution in [0.2, 0.25) is 0 Å². The molecule has 1 fully saturated rings. The van der Waals surface area contributed by atoms with E-state index in [9.17, 15) is 4.79 Å². The molecule has 2 N–H and O–H groups in total. The first kappa shape index (κ1) is 20.9. The summed E-state index contributed by atoms with van der Waals surface area (Å²) in [5.41, 5.74) is 9.72. The Morgan fingerprint density at radius 3 is 2.21 bits per heavy atom. The minimum atomic E-state index is -0.458. The first-order valence-corrected chi connectivity index (χ1v) is 10.2. The quantitative estimate of drug-likeness (QED) is 0.583. The number of nitrogens with zero attached hydrogens (tertiary/aromatic N) is 1. The SMILES string of the molecule is CC1=C(C(=S)OC(c2ccccc2)c2ccccc2)N2C(=O)C(N)[C@H]2SC1.Cl. The van der Waals surface area contributed by atoms with Crippen molar-refractivity contribution in [1.29, 1.82) is 0 Å². The molecule has 0 spiro atoms. The average Bonchev–Trinajstić information content (AvgIpc) is 2.72. The van der Waals surface area contributed by atoms with Crippen molar-refractivity contribution in [3.8, 4) is 0 Å². The molecule has 0 bridgehead atoms. The lowest BCUT2D eigenvalue weighted by molar-refractivity contribution is -0.140. The molecule has 0 aromatic heterocycles. The largest absolute Gasteiger partial charge is 0.469 e. The molecule has 2 aromatic rings. The minimum absolute atomic E-state index is 0. The van der Waals surface area contributed by atoms with E-state index in [0.29, 0.717) is 10.7 Å². The predicted octanol–water partition coefficient (Wildman–Crippen LogP) is 4.06. The number of nitrogens with two attached hydrogens (primary N) is 1. The number of rotatable bonds is 4. The lowest BCUT2D eigenvalue weighted by Crippen LogP contribution is -2.68. The van der Waals surface area contributed by atoms with E-state index in [1.54, 1.807) is 16.7 Å². The van der Waals surface area contributed by atoms with Gasteiger partial charge in [0.2, 0.25) is 11.0 Å². The zero-order chi connectivity index (χ0) is 19.0. The maximum absolute atomic E-state index is 12.3. The maximum Gasteiger partial charge on any atom is 0.248 e. The van der Waals surface area contributed by atoms with Crippen molar-refractivity contribution in [1.82, 2.24) is 4.90 Å². The molecule has 2 aliphatic heterocycles. The van der Waals surface area contributed by atoms with Gasteiger partial charge in [0.25, 0.3) is 0 Å². The lowest BCUT2D eigenvalue weighted by atomic mass is 10.0. The Bertz CT molecular complexity index is 866. The summed E-state index contributed by atoms with van der Waals surface area (Å²) in [4.78, 5) is 14.0. The maximum atomic E-state index is 12.3. The number of thiocarbonyl (C=S) groups is 1. The van der Waals surface area contributed by atoms with E-state index < -0.39 is 6.04 Å². The molecule has 0 saturated carbocycles. The van der Waals surface area contributed by atoms with Gasteiger partial charge in [-0.25, -0.2) is 0 Å². The van der Waals surface area contributed by atoms with E-state index in [-0.39, 0.29) is 29.8 Å². The number of halogens is 1. The molecule has 1 unspecified atom stereocenters. The number of β-lactam (4-membered cyclic amide) rings is 1. The molecule has 7 heteroatoms. The van der Waals surface area contributed by atoms with Crippen LogP contribution in [0, 0.1) is 0 Å². The van der Waals surface area contributed by atoms with Crippen molar-refractivity contribution < 1.29 is 9.53 Å². The van der Waals surface area contributed by atoms with Gasteiger partial charge in [-0.1, -0.05) is 60.7 Å². The van der Waals surface area contributed by atoms with Gasteiger partial charge >= 0.3 is 0 Å². The van der Waals surface area contributed by atoms with Crippen LogP contribution in [-0.2, 0) is 9.53 Å². The van der Waals surface area contributed by atoms with Gasteiger partial charge in [0.1, 0.15) is 17.5 Å². The van der Waals surface area contributed by atoms with Gasteiger partial charge < -0.3 is 10.5 Å². The summed E-state index contributed by atoms with van der Waals surface area (Å²) in [5, 5.41) is 0.292. The molecule has 0 aliphatic carbocycles. The standard InChI is InChI=1S/C21H20N2O2S2.ClH/c1-13-12-27-20-16(22)19(24)23(20)17(13)21(26)25-18(14-8-4-2-5-9-14)15-10-6-3-7-11-15;/h2-11,16,18,20H,12,22H2,1H3;1H/t16?,20-;/m1./s1. The monoisotopic (exact) mass is 432 g/mol. The van der Waals surface area contributed by atoms with Gasteiger partial charge in [0, 0.05) is 5.75 Å². The Morgan fingerprint density at radius 2 is 1.68 bits per heavy atom. The number of benzene rings is 2. The molecule has 2 atom stereocenters. The molecule has 4 rings (SSSR count). The van der Waals surface area contributed by atoms with Crippen LogP contribution in [0.3, 0.4) is 0 Å². The normalized spacial score (nSPS) is 21.0. The van der Waals surface area contributed by atoms with Crippen molar-refractivity contribution in [2.45, 2.75) is 24.4 Å². The molecular formula is C21H21ClN2O2S2. The highest BCUT2D eigenvalue weighted by atomic mass is 35.5. The predicted molar refractivity (Wildman–Crippen MR) is 119 cm³/mol. The molecule has 2 aromatic carbocycles. The molecule has 2 heterocycles. The Balaban J connectivity index is 0.00000225. The molecule has 0 radical (unpaired) electrons. The topological polar surface area (TPSA) is 55.6 Å². The fourth-order valence-electron chi connectivity index (χ4n) is 3.41. The number of thioether (sulfide) groups is 1. The van der Waals surface area contributed by atoms with Gasteiger partial charge in [0.05, 0.1) is 5.70 Å². The molecular weight excluding hydrogens is 412 g/mol.